The molecule has 0 saturated heterocycles. The fourth-order valence-corrected chi connectivity index (χ4v) is 2.74. The molecule has 128 valence electrons. The Kier molecular flexibility index (Phi) is 4.79. The van der Waals surface area contributed by atoms with Crippen molar-refractivity contribution < 1.29 is 14.4 Å². The van der Waals surface area contributed by atoms with Gasteiger partial charge in [0.1, 0.15) is 6.04 Å². The van der Waals surface area contributed by atoms with Crippen LogP contribution in [-0.4, -0.2) is 23.8 Å². The third-order valence-electron chi connectivity index (χ3n) is 4.01. The molecule has 0 spiro atoms. The second-order valence-electron chi connectivity index (χ2n) is 6.02. The lowest BCUT2D eigenvalue weighted by atomic mass is 10.1. The van der Waals surface area contributed by atoms with Gasteiger partial charge in [0.05, 0.1) is 11.3 Å². The van der Waals surface area contributed by atoms with Crippen molar-refractivity contribution in [1.82, 2.24) is 5.32 Å². The summed E-state index contributed by atoms with van der Waals surface area (Å²) in [5, 5.41) is 8.21. The molecule has 0 radical (unpaired) electrons. The molecule has 6 nitrogen and oxygen atoms in total. The van der Waals surface area contributed by atoms with Crippen molar-refractivity contribution in [3.05, 3.63) is 59.7 Å². The SMILES string of the molecule is Cc1cccc(NC(=O)CC[C@@H]2NC(=O)c3ccccc3NC2=O)c1. The number of hydrogen-bond donors (Lipinski definition) is 3. The number of hydrogen-bond acceptors (Lipinski definition) is 3. The lowest BCUT2D eigenvalue weighted by Crippen LogP contribution is -2.41. The topological polar surface area (TPSA) is 87.3 Å². The number of rotatable bonds is 4. The Morgan fingerprint density at radius 2 is 1.92 bits per heavy atom. The molecule has 2 aromatic carbocycles. The summed E-state index contributed by atoms with van der Waals surface area (Å²) in [6.45, 7) is 1.94. The third kappa shape index (κ3) is 4.03. The number of para-hydroxylation sites is 1. The first kappa shape index (κ1) is 16.7. The van der Waals surface area contributed by atoms with Crippen LogP contribution in [0.25, 0.3) is 0 Å². The molecule has 1 atom stereocenters. The number of benzene rings is 2. The van der Waals surface area contributed by atoms with Crippen molar-refractivity contribution in [3.63, 3.8) is 0 Å². The number of carbonyl (C=O) groups is 3. The zero-order valence-electron chi connectivity index (χ0n) is 13.8. The Hall–Kier alpha value is -3.15. The highest BCUT2D eigenvalue weighted by atomic mass is 16.2. The van der Waals surface area contributed by atoms with Gasteiger partial charge in [0.2, 0.25) is 11.8 Å². The average Bonchev–Trinajstić information content (AvgIpc) is 2.70. The van der Waals surface area contributed by atoms with Crippen LogP contribution in [0.1, 0.15) is 28.8 Å². The smallest absolute Gasteiger partial charge is 0.254 e. The van der Waals surface area contributed by atoms with E-state index in [4.69, 9.17) is 0 Å². The summed E-state index contributed by atoms with van der Waals surface area (Å²) >= 11 is 0. The second kappa shape index (κ2) is 7.17. The molecule has 0 bridgehead atoms. The standard InChI is InChI=1S/C19H19N3O3/c1-12-5-4-6-13(11-12)20-17(23)10-9-16-19(25)21-15-8-3-2-7-14(15)18(24)22-16/h2-8,11,16H,9-10H2,1H3,(H,20,23)(H,21,25)(H,22,24)/t16-/m0/s1. The van der Waals surface area contributed by atoms with Crippen LogP contribution >= 0.6 is 0 Å². The molecule has 3 rings (SSSR count). The van der Waals surface area contributed by atoms with Gasteiger partial charge in [0, 0.05) is 12.1 Å². The van der Waals surface area contributed by atoms with Crippen LogP contribution in [-0.2, 0) is 9.59 Å². The van der Waals surface area contributed by atoms with E-state index in [1.54, 1.807) is 24.3 Å². The predicted molar refractivity (Wildman–Crippen MR) is 95.4 cm³/mol. The van der Waals surface area contributed by atoms with Crippen molar-refractivity contribution in [3.8, 4) is 0 Å². The van der Waals surface area contributed by atoms with Gasteiger partial charge in [-0.25, -0.2) is 0 Å². The van der Waals surface area contributed by atoms with Crippen molar-refractivity contribution in [1.29, 1.82) is 0 Å². The number of aryl methyl sites for hydroxylation is 1. The fourth-order valence-electron chi connectivity index (χ4n) is 2.74. The van der Waals surface area contributed by atoms with Gasteiger partial charge in [0.25, 0.3) is 5.91 Å². The number of fused-ring (bicyclic) bond motifs is 1. The fraction of sp³-hybridized carbons (Fsp3) is 0.211. The van der Waals surface area contributed by atoms with Gasteiger partial charge >= 0.3 is 0 Å². The molecule has 25 heavy (non-hydrogen) atoms. The molecular formula is C19H19N3O3. The molecule has 0 aliphatic carbocycles. The van der Waals surface area contributed by atoms with Crippen LogP contribution in [0.2, 0.25) is 0 Å². The minimum atomic E-state index is -0.747. The first-order valence-electron chi connectivity index (χ1n) is 8.10. The van der Waals surface area contributed by atoms with Crippen molar-refractivity contribution in [2.45, 2.75) is 25.8 Å². The van der Waals surface area contributed by atoms with Gasteiger partial charge < -0.3 is 16.0 Å². The zero-order chi connectivity index (χ0) is 17.8. The summed E-state index contributed by atoms with van der Waals surface area (Å²) in [5.41, 5.74) is 2.66. The zero-order valence-corrected chi connectivity index (χ0v) is 13.8. The molecule has 1 aliphatic rings. The normalized spacial score (nSPS) is 16.3. The summed E-state index contributed by atoms with van der Waals surface area (Å²) in [7, 11) is 0. The Balaban J connectivity index is 1.61. The molecule has 3 amide bonds. The summed E-state index contributed by atoms with van der Waals surface area (Å²) < 4.78 is 0. The monoisotopic (exact) mass is 337 g/mol. The Morgan fingerprint density at radius 3 is 2.72 bits per heavy atom. The first-order chi connectivity index (χ1) is 12.0. The Morgan fingerprint density at radius 1 is 1.12 bits per heavy atom. The van der Waals surface area contributed by atoms with Crippen molar-refractivity contribution >= 4 is 29.1 Å². The quantitative estimate of drug-likeness (QED) is 0.801. The van der Waals surface area contributed by atoms with Crippen LogP contribution in [0.15, 0.2) is 48.5 Å². The molecule has 2 aromatic rings. The largest absolute Gasteiger partial charge is 0.340 e. The van der Waals surface area contributed by atoms with Gasteiger partial charge in [-0.1, -0.05) is 24.3 Å². The van der Waals surface area contributed by atoms with E-state index in [0.717, 1.165) is 5.56 Å². The second-order valence-corrected chi connectivity index (χ2v) is 6.02. The van der Waals surface area contributed by atoms with Gasteiger partial charge in [-0.15, -0.1) is 0 Å². The summed E-state index contributed by atoms with van der Waals surface area (Å²) in [4.78, 5) is 36.6. The average molecular weight is 337 g/mol. The van der Waals surface area contributed by atoms with Crippen LogP contribution < -0.4 is 16.0 Å². The van der Waals surface area contributed by atoms with Crippen molar-refractivity contribution in [2.75, 3.05) is 10.6 Å². The molecule has 6 heteroatoms. The minimum absolute atomic E-state index is 0.128. The number of nitrogens with one attached hydrogen (secondary N) is 3. The lowest BCUT2D eigenvalue weighted by molar-refractivity contribution is -0.118. The maximum atomic E-state index is 12.3. The summed E-state index contributed by atoms with van der Waals surface area (Å²) in [6.07, 6.45) is 0.353. The molecule has 0 fully saturated rings. The summed E-state index contributed by atoms with van der Waals surface area (Å²) in [5.74, 6) is -0.839. The van der Waals surface area contributed by atoms with Crippen LogP contribution in [0, 0.1) is 6.92 Å². The van der Waals surface area contributed by atoms with Crippen LogP contribution in [0.4, 0.5) is 11.4 Å². The predicted octanol–water partition coefficient (Wildman–Crippen LogP) is 2.46. The van der Waals surface area contributed by atoms with Crippen LogP contribution in [0.5, 0.6) is 0 Å². The minimum Gasteiger partial charge on any atom is -0.340 e. The van der Waals surface area contributed by atoms with E-state index in [2.05, 4.69) is 16.0 Å². The number of carbonyl (C=O) groups excluding carboxylic acids is 3. The summed E-state index contributed by atoms with van der Waals surface area (Å²) in [6, 6.07) is 13.6. The van der Waals surface area contributed by atoms with E-state index < -0.39 is 6.04 Å². The highest BCUT2D eigenvalue weighted by Crippen LogP contribution is 2.19. The maximum Gasteiger partial charge on any atom is 0.254 e. The number of amides is 3. The van der Waals surface area contributed by atoms with Crippen molar-refractivity contribution in [2.24, 2.45) is 0 Å². The van der Waals surface area contributed by atoms with E-state index in [9.17, 15) is 14.4 Å². The van der Waals surface area contributed by atoms with E-state index in [1.165, 1.54) is 0 Å². The van der Waals surface area contributed by atoms with Crippen LogP contribution in [0.3, 0.4) is 0 Å². The Bertz CT molecular complexity index is 832. The van der Waals surface area contributed by atoms with Gasteiger partial charge in [-0.3, -0.25) is 14.4 Å². The maximum absolute atomic E-state index is 12.3. The van der Waals surface area contributed by atoms with E-state index in [-0.39, 0.29) is 30.6 Å². The van der Waals surface area contributed by atoms with E-state index in [1.807, 2.05) is 31.2 Å². The van der Waals surface area contributed by atoms with E-state index in [0.29, 0.717) is 16.9 Å². The Labute approximate surface area is 145 Å². The first-order valence-corrected chi connectivity index (χ1v) is 8.10. The molecule has 3 N–H and O–H groups in total. The molecule has 0 saturated carbocycles. The molecule has 0 unspecified atom stereocenters. The third-order valence-corrected chi connectivity index (χ3v) is 4.01. The molecule has 1 heterocycles. The van der Waals surface area contributed by atoms with Gasteiger partial charge in [-0.05, 0) is 43.2 Å². The van der Waals surface area contributed by atoms with Gasteiger partial charge in [-0.2, -0.15) is 0 Å². The molecule has 0 aromatic heterocycles. The lowest BCUT2D eigenvalue weighted by Gasteiger charge is -2.14. The molecular weight excluding hydrogens is 318 g/mol. The highest BCUT2D eigenvalue weighted by Gasteiger charge is 2.27. The number of anilines is 2. The molecule has 1 aliphatic heterocycles. The van der Waals surface area contributed by atoms with E-state index >= 15 is 0 Å². The highest BCUT2D eigenvalue weighted by molar-refractivity contribution is 6.09. The van der Waals surface area contributed by atoms with Gasteiger partial charge in [0.15, 0.2) is 0 Å².